The van der Waals surface area contributed by atoms with Crippen LogP contribution in [0.3, 0.4) is 0 Å². The average molecular weight is 319 g/mol. The third-order valence-corrected chi connectivity index (χ3v) is 3.37. The number of nitrogens with zero attached hydrogens (tertiary/aromatic N) is 1. The molecule has 6 heteroatoms. The lowest BCUT2D eigenvalue weighted by atomic mass is 10.3. The van der Waals surface area contributed by atoms with E-state index < -0.39 is 0 Å². The van der Waals surface area contributed by atoms with Gasteiger partial charge < -0.3 is 23.5 Å². The van der Waals surface area contributed by atoms with E-state index in [1.807, 2.05) is 35.8 Å². The van der Waals surface area contributed by atoms with Crippen LogP contribution in [0.5, 0.6) is 17.2 Å². The van der Waals surface area contributed by atoms with Crippen LogP contribution in [0.2, 0.25) is 0 Å². The van der Waals surface area contributed by atoms with E-state index in [0.29, 0.717) is 18.9 Å². The lowest BCUT2D eigenvalue weighted by Gasteiger charge is -2.15. The zero-order chi connectivity index (χ0) is 16.7. The highest BCUT2D eigenvalue weighted by molar-refractivity contribution is 5.31. The topological polar surface area (TPSA) is 58.9 Å². The number of methoxy groups -OCH3 is 2. The van der Waals surface area contributed by atoms with E-state index in [4.69, 9.17) is 18.9 Å². The van der Waals surface area contributed by atoms with Crippen LogP contribution in [0.1, 0.15) is 5.69 Å². The van der Waals surface area contributed by atoms with E-state index >= 15 is 0 Å². The molecule has 0 saturated carbocycles. The Morgan fingerprint density at radius 2 is 1.70 bits per heavy atom. The van der Waals surface area contributed by atoms with Crippen molar-refractivity contribution in [2.45, 2.75) is 13.5 Å². The van der Waals surface area contributed by atoms with Crippen molar-refractivity contribution >= 4 is 0 Å². The molecular formula is C17H21NO5. The molecule has 1 aromatic carbocycles. The Labute approximate surface area is 135 Å². The van der Waals surface area contributed by atoms with Gasteiger partial charge in [0.15, 0.2) is 12.5 Å². The fourth-order valence-electron chi connectivity index (χ4n) is 2.12. The van der Waals surface area contributed by atoms with Gasteiger partial charge in [-0.1, -0.05) is 0 Å². The minimum absolute atomic E-state index is 0.0441. The summed E-state index contributed by atoms with van der Waals surface area (Å²) in [6.45, 7) is 2.95. The minimum atomic E-state index is -0.160. The van der Waals surface area contributed by atoms with Gasteiger partial charge in [0.1, 0.15) is 18.1 Å². The first kappa shape index (κ1) is 16.9. The monoisotopic (exact) mass is 319 g/mol. The molecular weight excluding hydrogens is 298 g/mol. The first-order valence-electron chi connectivity index (χ1n) is 7.24. The fraction of sp³-hybridized carbons (Fsp3) is 0.353. The Morgan fingerprint density at radius 1 is 1.00 bits per heavy atom. The van der Waals surface area contributed by atoms with Crippen LogP contribution in [0.15, 0.2) is 41.3 Å². The molecule has 1 heterocycles. The van der Waals surface area contributed by atoms with Crippen LogP contribution < -0.4 is 19.6 Å². The molecule has 0 fully saturated rings. The number of hydrogen-bond acceptors (Lipinski definition) is 5. The fourth-order valence-corrected chi connectivity index (χ4v) is 2.12. The molecule has 0 aliphatic heterocycles. The predicted octanol–water partition coefficient (Wildman–Crippen LogP) is 2.23. The second-order valence-electron chi connectivity index (χ2n) is 4.86. The van der Waals surface area contributed by atoms with E-state index in [1.165, 1.54) is 13.2 Å². The Hall–Kier alpha value is -2.47. The number of rotatable bonds is 8. The van der Waals surface area contributed by atoms with Gasteiger partial charge in [-0.2, -0.15) is 0 Å². The van der Waals surface area contributed by atoms with Crippen molar-refractivity contribution < 1.29 is 18.9 Å². The molecule has 2 aromatic rings. The first-order chi connectivity index (χ1) is 11.2. The molecule has 0 aliphatic rings. The van der Waals surface area contributed by atoms with Gasteiger partial charge in [-0.05, 0) is 31.2 Å². The van der Waals surface area contributed by atoms with Crippen molar-refractivity contribution in [2.24, 2.45) is 0 Å². The molecule has 0 unspecified atom stereocenters. The van der Waals surface area contributed by atoms with Gasteiger partial charge >= 0.3 is 0 Å². The van der Waals surface area contributed by atoms with Gasteiger partial charge in [-0.15, -0.1) is 0 Å². The van der Waals surface area contributed by atoms with Crippen molar-refractivity contribution in [3.8, 4) is 17.2 Å². The standard InChI is InChI=1S/C17H21NO5/c1-13-17(23-12-20-2)16(19)8-9-18(13)10-11-22-15-6-4-14(21-3)5-7-15/h4-9H,10-12H2,1-3H3. The number of benzene rings is 1. The highest BCUT2D eigenvalue weighted by Gasteiger charge is 2.08. The summed E-state index contributed by atoms with van der Waals surface area (Å²) in [5.74, 6) is 1.85. The number of aromatic nitrogens is 1. The predicted molar refractivity (Wildman–Crippen MR) is 86.4 cm³/mol. The normalized spacial score (nSPS) is 10.4. The number of hydrogen-bond donors (Lipinski definition) is 0. The molecule has 23 heavy (non-hydrogen) atoms. The van der Waals surface area contributed by atoms with Gasteiger partial charge in [0.05, 0.1) is 19.3 Å². The van der Waals surface area contributed by atoms with Crippen LogP contribution in [-0.2, 0) is 11.3 Å². The second kappa shape index (κ2) is 8.24. The van der Waals surface area contributed by atoms with E-state index in [2.05, 4.69) is 0 Å². The average Bonchev–Trinajstić information content (AvgIpc) is 2.57. The smallest absolute Gasteiger partial charge is 0.223 e. The van der Waals surface area contributed by atoms with Crippen molar-refractivity contribution in [2.75, 3.05) is 27.6 Å². The lowest BCUT2D eigenvalue weighted by molar-refractivity contribution is 0.0491. The summed E-state index contributed by atoms with van der Waals surface area (Å²) in [6, 6.07) is 8.87. The molecule has 0 bridgehead atoms. The molecule has 0 atom stereocenters. The Morgan fingerprint density at radius 3 is 2.35 bits per heavy atom. The van der Waals surface area contributed by atoms with Crippen LogP contribution in [0.4, 0.5) is 0 Å². The Bertz CT molecular complexity index is 678. The highest BCUT2D eigenvalue weighted by atomic mass is 16.7. The molecule has 0 radical (unpaired) electrons. The largest absolute Gasteiger partial charge is 0.497 e. The highest BCUT2D eigenvalue weighted by Crippen LogP contribution is 2.17. The van der Waals surface area contributed by atoms with Crippen LogP contribution >= 0.6 is 0 Å². The summed E-state index contributed by atoms with van der Waals surface area (Å²) in [4.78, 5) is 11.8. The van der Waals surface area contributed by atoms with E-state index in [0.717, 1.165) is 17.2 Å². The molecule has 0 N–H and O–H groups in total. The van der Waals surface area contributed by atoms with Gasteiger partial charge in [-0.3, -0.25) is 4.79 Å². The number of pyridine rings is 1. The van der Waals surface area contributed by atoms with Crippen molar-refractivity contribution in [3.05, 3.63) is 52.4 Å². The maximum atomic E-state index is 11.8. The maximum absolute atomic E-state index is 11.8. The van der Waals surface area contributed by atoms with Crippen LogP contribution in [0.25, 0.3) is 0 Å². The zero-order valence-electron chi connectivity index (χ0n) is 13.6. The zero-order valence-corrected chi connectivity index (χ0v) is 13.6. The second-order valence-corrected chi connectivity index (χ2v) is 4.86. The number of ether oxygens (including phenoxy) is 4. The lowest BCUT2D eigenvalue weighted by Crippen LogP contribution is -2.18. The minimum Gasteiger partial charge on any atom is -0.497 e. The Balaban J connectivity index is 1.98. The summed E-state index contributed by atoms with van der Waals surface area (Å²) in [5, 5.41) is 0. The van der Waals surface area contributed by atoms with Crippen LogP contribution in [-0.4, -0.2) is 32.2 Å². The van der Waals surface area contributed by atoms with Crippen molar-refractivity contribution in [3.63, 3.8) is 0 Å². The summed E-state index contributed by atoms with van der Waals surface area (Å²) in [5.41, 5.74) is 0.583. The summed E-state index contributed by atoms with van der Waals surface area (Å²) in [6.07, 6.45) is 1.73. The summed E-state index contributed by atoms with van der Waals surface area (Å²) in [7, 11) is 3.14. The van der Waals surface area contributed by atoms with Crippen molar-refractivity contribution in [1.29, 1.82) is 0 Å². The van der Waals surface area contributed by atoms with Gasteiger partial charge in [0.25, 0.3) is 0 Å². The summed E-state index contributed by atoms with van der Waals surface area (Å²) < 4.78 is 22.9. The van der Waals surface area contributed by atoms with Gasteiger partial charge in [0, 0.05) is 19.4 Å². The molecule has 0 aliphatic carbocycles. The molecule has 1 aromatic heterocycles. The summed E-state index contributed by atoms with van der Waals surface area (Å²) >= 11 is 0. The molecule has 0 spiro atoms. The third-order valence-electron chi connectivity index (χ3n) is 3.37. The first-order valence-corrected chi connectivity index (χ1v) is 7.24. The molecule has 6 nitrogen and oxygen atoms in total. The van der Waals surface area contributed by atoms with Gasteiger partial charge in [-0.25, -0.2) is 0 Å². The molecule has 124 valence electrons. The third kappa shape index (κ3) is 4.50. The van der Waals surface area contributed by atoms with Crippen molar-refractivity contribution in [1.82, 2.24) is 4.57 Å². The molecule has 2 rings (SSSR count). The molecule has 0 saturated heterocycles. The molecule has 0 amide bonds. The SMILES string of the molecule is COCOc1c(C)n(CCOc2ccc(OC)cc2)ccc1=O. The Kier molecular flexibility index (Phi) is 6.05. The maximum Gasteiger partial charge on any atom is 0.223 e. The van der Waals surface area contributed by atoms with E-state index in [-0.39, 0.29) is 12.2 Å². The quantitative estimate of drug-likeness (QED) is 0.698. The van der Waals surface area contributed by atoms with E-state index in [9.17, 15) is 4.79 Å². The van der Waals surface area contributed by atoms with Gasteiger partial charge in [0.2, 0.25) is 5.43 Å². The van der Waals surface area contributed by atoms with Crippen LogP contribution in [0, 0.1) is 6.92 Å². The van der Waals surface area contributed by atoms with E-state index in [1.54, 1.807) is 13.3 Å².